The number of amides is 1. The lowest BCUT2D eigenvalue weighted by Crippen LogP contribution is -2.29. The van der Waals surface area contributed by atoms with Crippen LogP contribution in [-0.4, -0.2) is 15.5 Å². The maximum absolute atomic E-state index is 12.9. The minimum absolute atomic E-state index is 0.0277. The standard InChI is InChI=1S/C21H22ClN3O2S/c1-13(14-5-4-6-15(22)11-14)24-18(26)9-10-25-12-23-20-19(21(25)27)16-7-2-3-8-17(16)28-20/h4-6,11-13H,2-3,7-10H2,1H3,(H,24,26)/t13-/m1/s1. The number of rotatable bonds is 5. The van der Waals surface area contributed by atoms with Crippen LogP contribution in [0.3, 0.4) is 0 Å². The van der Waals surface area contributed by atoms with Crippen molar-refractivity contribution in [1.29, 1.82) is 0 Å². The van der Waals surface area contributed by atoms with E-state index in [1.165, 1.54) is 16.9 Å². The van der Waals surface area contributed by atoms with E-state index >= 15 is 0 Å². The maximum atomic E-state index is 12.9. The monoisotopic (exact) mass is 415 g/mol. The second kappa shape index (κ2) is 8.05. The molecule has 0 bridgehead atoms. The average molecular weight is 416 g/mol. The topological polar surface area (TPSA) is 64.0 Å². The maximum Gasteiger partial charge on any atom is 0.262 e. The number of carbonyl (C=O) groups is 1. The molecule has 146 valence electrons. The minimum Gasteiger partial charge on any atom is -0.350 e. The number of nitrogens with zero attached hydrogens (tertiary/aromatic N) is 2. The average Bonchev–Trinajstić information content (AvgIpc) is 3.06. The van der Waals surface area contributed by atoms with E-state index in [4.69, 9.17) is 11.6 Å². The smallest absolute Gasteiger partial charge is 0.262 e. The van der Waals surface area contributed by atoms with Gasteiger partial charge in [-0.2, -0.15) is 0 Å². The molecule has 4 rings (SSSR count). The van der Waals surface area contributed by atoms with Gasteiger partial charge in [0, 0.05) is 22.9 Å². The van der Waals surface area contributed by atoms with E-state index in [1.807, 2.05) is 25.1 Å². The molecule has 28 heavy (non-hydrogen) atoms. The largest absolute Gasteiger partial charge is 0.350 e. The number of hydrogen-bond donors (Lipinski definition) is 1. The van der Waals surface area contributed by atoms with Crippen molar-refractivity contribution in [2.24, 2.45) is 0 Å². The molecular weight excluding hydrogens is 394 g/mol. The van der Waals surface area contributed by atoms with Crippen LogP contribution in [0, 0.1) is 0 Å². The number of nitrogens with one attached hydrogen (secondary N) is 1. The van der Waals surface area contributed by atoms with Crippen LogP contribution in [0.1, 0.15) is 48.2 Å². The molecule has 1 aromatic carbocycles. The van der Waals surface area contributed by atoms with E-state index in [-0.39, 0.29) is 23.9 Å². The number of carbonyl (C=O) groups excluding carboxylic acids is 1. The second-order valence-corrected chi connectivity index (χ2v) is 8.75. The molecule has 1 N–H and O–H groups in total. The first-order valence-electron chi connectivity index (χ1n) is 9.57. The van der Waals surface area contributed by atoms with Gasteiger partial charge < -0.3 is 5.32 Å². The molecule has 2 heterocycles. The Balaban J connectivity index is 1.46. The third kappa shape index (κ3) is 3.84. The molecular formula is C21H22ClN3O2S. The molecule has 1 atom stereocenters. The zero-order chi connectivity index (χ0) is 19.7. The fourth-order valence-electron chi connectivity index (χ4n) is 3.74. The van der Waals surface area contributed by atoms with Gasteiger partial charge in [0.25, 0.3) is 5.56 Å². The molecule has 3 aromatic rings. The molecule has 0 unspecified atom stereocenters. The highest BCUT2D eigenvalue weighted by Gasteiger charge is 2.20. The van der Waals surface area contributed by atoms with Gasteiger partial charge in [-0.15, -0.1) is 11.3 Å². The number of hydrogen-bond acceptors (Lipinski definition) is 4. The van der Waals surface area contributed by atoms with Gasteiger partial charge >= 0.3 is 0 Å². The molecule has 0 aliphatic heterocycles. The third-order valence-electron chi connectivity index (χ3n) is 5.25. The molecule has 0 spiro atoms. The van der Waals surface area contributed by atoms with Crippen molar-refractivity contribution in [3.63, 3.8) is 0 Å². The lowest BCUT2D eigenvalue weighted by Gasteiger charge is -2.15. The van der Waals surface area contributed by atoms with Crippen LogP contribution >= 0.6 is 22.9 Å². The van der Waals surface area contributed by atoms with Crippen molar-refractivity contribution in [2.45, 2.75) is 51.6 Å². The summed E-state index contributed by atoms with van der Waals surface area (Å²) < 4.78 is 1.56. The van der Waals surface area contributed by atoms with Gasteiger partial charge in [-0.05, 0) is 55.9 Å². The van der Waals surface area contributed by atoms with Crippen LogP contribution in [-0.2, 0) is 24.2 Å². The van der Waals surface area contributed by atoms with Crippen molar-refractivity contribution in [2.75, 3.05) is 0 Å². The number of thiophene rings is 1. The number of benzene rings is 1. The van der Waals surface area contributed by atoms with Gasteiger partial charge in [-0.3, -0.25) is 14.2 Å². The van der Waals surface area contributed by atoms with Crippen LogP contribution in [0.4, 0.5) is 0 Å². The highest BCUT2D eigenvalue weighted by atomic mass is 35.5. The first kappa shape index (κ1) is 19.2. The van der Waals surface area contributed by atoms with Crippen molar-refractivity contribution in [3.05, 3.63) is 62.0 Å². The zero-order valence-corrected chi connectivity index (χ0v) is 17.3. The third-order valence-corrected chi connectivity index (χ3v) is 6.68. The Morgan fingerprint density at radius 3 is 3.00 bits per heavy atom. The van der Waals surface area contributed by atoms with E-state index in [0.717, 1.165) is 35.0 Å². The molecule has 2 aromatic heterocycles. The molecule has 7 heteroatoms. The highest BCUT2D eigenvalue weighted by molar-refractivity contribution is 7.18. The number of fused-ring (bicyclic) bond motifs is 3. The van der Waals surface area contributed by atoms with Crippen molar-refractivity contribution < 1.29 is 4.79 Å². The molecule has 0 saturated carbocycles. The summed E-state index contributed by atoms with van der Waals surface area (Å²) in [7, 11) is 0. The molecule has 0 saturated heterocycles. The van der Waals surface area contributed by atoms with Crippen molar-refractivity contribution >= 4 is 39.1 Å². The summed E-state index contributed by atoms with van der Waals surface area (Å²) in [5, 5.41) is 4.37. The van der Waals surface area contributed by atoms with E-state index in [0.29, 0.717) is 11.6 Å². The van der Waals surface area contributed by atoms with Crippen LogP contribution < -0.4 is 10.9 Å². The van der Waals surface area contributed by atoms with E-state index in [1.54, 1.807) is 28.3 Å². The molecule has 5 nitrogen and oxygen atoms in total. The van der Waals surface area contributed by atoms with Crippen LogP contribution in [0.15, 0.2) is 35.4 Å². The first-order valence-corrected chi connectivity index (χ1v) is 10.8. The van der Waals surface area contributed by atoms with E-state index in [2.05, 4.69) is 10.3 Å². The Bertz CT molecular complexity index is 1090. The molecule has 0 fully saturated rings. The lowest BCUT2D eigenvalue weighted by atomic mass is 9.97. The minimum atomic E-state index is -0.146. The van der Waals surface area contributed by atoms with Gasteiger partial charge in [-0.25, -0.2) is 4.98 Å². The number of halogens is 1. The Hall–Kier alpha value is -2.18. The van der Waals surface area contributed by atoms with Gasteiger partial charge in [0.2, 0.25) is 5.91 Å². The Kier molecular flexibility index (Phi) is 5.51. The van der Waals surface area contributed by atoms with Gasteiger partial charge in [0.1, 0.15) is 4.83 Å². The fourth-order valence-corrected chi connectivity index (χ4v) is 5.15. The molecule has 1 amide bonds. The molecule has 1 aliphatic rings. The summed E-state index contributed by atoms with van der Waals surface area (Å²) in [6.45, 7) is 2.24. The Morgan fingerprint density at radius 2 is 2.18 bits per heavy atom. The quantitative estimate of drug-likeness (QED) is 0.677. The Labute approximate surface area is 172 Å². The predicted molar refractivity (Wildman–Crippen MR) is 113 cm³/mol. The van der Waals surface area contributed by atoms with Crippen molar-refractivity contribution in [3.8, 4) is 0 Å². The van der Waals surface area contributed by atoms with Crippen LogP contribution in [0.2, 0.25) is 5.02 Å². The van der Waals surface area contributed by atoms with E-state index in [9.17, 15) is 9.59 Å². The van der Waals surface area contributed by atoms with Crippen molar-refractivity contribution in [1.82, 2.24) is 14.9 Å². The summed E-state index contributed by atoms with van der Waals surface area (Å²) in [4.78, 5) is 31.9. The van der Waals surface area contributed by atoms with Crippen LogP contribution in [0.25, 0.3) is 10.2 Å². The number of aryl methyl sites for hydroxylation is 3. The normalized spacial score (nSPS) is 14.6. The molecule has 1 aliphatic carbocycles. The summed E-state index contributed by atoms with van der Waals surface area (Å²) in [6.07, 6.45) is 6.09. The lowest BCUT2D eigenvalue weighted by molar-refractivity contribution is -0.121. The summed E-state index contributed by atoms with van der Waals surface area (Å²) in [5.41, 5.74) is 2.10. The summed E-state index contributed by atoms with van der Waals surface area (Å²) >= 11 is 7.66. The summed E-state index contributed by atoms with van der Waals surface area (Å²) in [5.74, 6) is -0.105. The first-order chi connectivity index (χ1) is 13.5. The number of aromatic nitrogens is 2. The molecule has 0 radical (unpaired) electrons. The zero-order valence-electron chi connectivity index (χ0n) is 15.7. The SMILES string of the molecule is C[C@@H](NC(=O)CCn1cnc2sc3c(c2c1=O)CCCC3)c1cccc(Cl)c1. The Morgan fingerprint density at radius 1 is 1.36 bits per heavy atom. The van der Waals surface area contributed by atoms with Gasteiger partial charge in [0.15, 0.2) is 0 Å². The fraction of sp³-hybridized carbons (Fsp3) is 0.381. The van der Waals surface area contributed by atoms with Gasteiger partial charge in [0.05, 0.1) is 17.8 Å². The predicted octanol–water partition coefficient (Wildman–Crippen LogP) is 4.26. The highest BCUT2D eigenvalue weighted by Crippen LogP contribution is 2.33. The summed E-state index contributed by atoms with van der Waals surface area (Å²) in [6, 6.07) is 7.29. The van der Waals surface area contributed by atoms with Gasteiger partial charge in [-0.1, -0.05) is 23.7 Å². The van der Waals surface area contributed by atoms with E-state index < -0.39 is 0 Å². The second-order valence-electron chi connectivity index (χ2n) is 7.23. The van der Waals surface area contributed by atoms with Crippen LogP contribution in [0.5, 0.6) is 0 Å².